The molecule has 2 heteroatoms. The van der Waals surface area contributed by atoms with E-state index in [1.165, 1.54) is 122 Å². The average Bonchev–Trinajstić information content (AvgIpc) is 4.09. The summed E-state index contributed by atoms with van der Waals surface area (Å²) in [5.74, 6) is 0. The number of aryl methyl sites for hydroxylation is 2. The van der Waals surface area contributed by atoms with E-state index in [1.54, 1.807) is 0 Å². The first kappa shape index (κ1) is 39.7. The highest BCUT2D eigenvalue weighted by Crippen LogP contribution is 2.65. The monoisotopic (exact) mass is 875 g/mol. The van der Waals surface area contributed by atoms with Crippen molar-refractivity contribution < 1.29 is 4.42 Å². The first-order valence-electron chi connectivity index (χ1n) is 24.5. The Morgan fingerprint density at radius 3 is 1.84 bits per heavy atom. The molecule has 1 aromatic heterocycles. The zero-order chi connectivity index (χ0) is 46.2. The lowest BCUT2D eigenvalue weighted by Gasteiger charge is -2.33. The van der Waals surface area contributed by atoms with Gasteiger partial charge in [-0.3, -0.25) is 0 Å². The number of benzene rings is 9. The standard InChI is InChI=1S/C66H53NO/c1-37-26-31-54(38(2)32-37)67(41-28-30-46-51(34-41)64(3,4)53-36-48(39-18-10-9-11-19-39)63-60(58(46)53)47-23-15-17-25-55(47)68-63)42-27-29-45-52(35-42)66(7,8)61-57(45)49-33-40-20-12-13-21-43(40)56(49)59-44-22-14-16-24-50(44)65(5,6)62(59)61/h9-32,34-36H,33H2,1-8H3. The molecule has 1 heterocycles. The largest absolute Gasteiger partial charge is 0.455 e. The van der Waals surface area contributed by atoms with E-state index in [4.69, 9.17) is 4.42 Å². The van der Waals surface area contributed by atoms with Gasteiger partial charge in [0.15, 0.2) is 0 Å². The topological polar surface area (TPSA) is 16.4 Å². The van der Waals surface area contributed by atoms with Gasteiger partial charge in [-0.05, 0) is 163 Å². The van der Waals surface area contributed by atoms with Gasteiger partial charge in [-0.1, -0.05) is 168 Å². The van der Waals surface area contributed by atoms with Crippen LogP contribution in [0, 0.1) is 13.8 Å². The molecule has 0 bridgehead atoms. The predicted molar refractivity (Wildman–Crippen MR) is 284 cm³/mol. The molecule has 0 fully saturated rings. The third kappa shape index (κ3) is 5.03. The van der Waals surface area contributed by atoms with Crippen LogP contribution < -0.4 is 4.90 Å². The van der Waals surface area contributed by atoms with E-state index in [0.29, 0.717) is 0 Å². The third-order valence-corrected chi connectivity index (χ3v) is 16.8. The summed E-state index contributed by atoms with van der Waals surface area (Å²) in [5, 5.41) is 2.37. The van der Waals surface area contributed by atoms with Gasteiger partial charge < -0.3 is 9.32 Å². The summed E-state index contributed by atoms with van der Waals surface area (Å²) in [4.78, 5) is 2.54. The van der Waals surface area contributed by atoms with Crippen molar-refractivity contribution in [2.24, 2.45) is 0 Å². The van der Waals surface area contributed by atoms with Crippen LogP contribution in [0.15, 0.2) is 168 Å². The maximum atomic E-state index is 6.81. The molecule has 0 atom stereocenters. The summed E-state index contributed by atoms with van der Waals surface area (Å²) in [6, 6.07) is 61.7. The van der Waals surface area contributed by atoms with Gasteiger partial charge in [0.2, 0.25) is 0 Å². The van der Waals surface area contributed by atoms with Crippen LogP contribution in [0.1, 0.15) is 97.2 Å². The molecule has 9 aromatic carbocycles. The molecule has 0 radical (unpaired) electrons. The molecule has 0 unspecified atom stereocenters. The number of anilines is 3. The third-order valence-electron chi connectivity index (χ3n) is 16.8. The molecule has 0 saturated heterocycles. The van der Waals surface area contributed by atoms with Crippen molar-refractivity contribution in [2.75, 3.05) is 4.90 Å². The number of hydrogen-bond acceptors (Lipinski definition) is 2. The van der Waals surface area contributed by atoms with Crippen molar-refractivity contribution in [1.82, 2.24) is 0 Å². The number of fused-ring (bicyclic) bond motifs is 19. The molecule has 0 amide bonds. The second kappa shape index (κ2) is 13.4. The van der Waals surface area contributed by atoms with Gasteiger partial charge >= 0.3 is 0 Å². The van der Waals surface area contributed by atoms with E-state index in [-0.39, 0.29) is 16.2 Å². The molecule has 2 nitrogen and oxygen atoms in total. The molecule has 10 aromatic rings. The minimum atomic E-state index is -0.283. The second-order valence-electron chi connectivity index (χ2n) is 21.7. The quantitative estimate of drug-likeness (QED) is 0.175. The smallest absolute Gasteiger partial charge is 0.143 e. The SMILES string of the molecule is Cc1ccc(N(c2ccc3c(c2)C(C)(C)c2cc(-c4ccccc4)c4oc5ccccc5c4c2-3)c2ccc3c(c2)C(C)(C)c2c-3c3c(c4c2C(C)(C)c2ccccc2-4)-c2ccccc2C3)c(C)c1. The number of para-hydroxylation sites is 1. The summed E-state index contributed by atoms with van der Waals surface area (Å²) in [5.41, 5.74) is 32.1. The molecular weight excluding hydrogens is 823 g/mol. The molecule has 14 rings (SSSR count). The Bertz CT molecular complexity index is 3870. The molecular formula is C66H53NO. The van der Waals surface area contributed by atoms with Crippen LogP contribution >= 0.6 is 0 Å². The molecule has 4 aliphatic carbocycles. The zero-order valence-electron chi connectivity index (χ0n) is 40.2. The lowest BCUT2D eigenvalue weighted by molar-refractivity contribution is 0.601. The van der Waals surface area contributed by atoms with Gasteiger partial charge in [0, 0.05) is 49.6 Å². The van der Waals surface area contributed by atoms with Gasteiger partial charge in [-0.2, -0.15) is 0 Å². The lowest BCUT2D eigenvalue weighted by atomic mass is 9.71. The van der Waals surface area contributed by atoms with Crippen molar-refractivity contribution in [2.45, 2.75) is 78.1 Å². The second-order valence-corrected chi connectivity index (χ2v) is 21.7. The molecule has 0 aliphatic heterocycles. The van der Waals surface area contributed by atoms with Crippen molar-refractivity contribution in [3.8, 4) is 55.6 Å². The fourth-order valence-corrected chi connectivity index (χ4v) is 13.7. The van der Waals surface area contributed by atoms with Gasteiger partial charge in [0.05, 0.1) is 0 Å². The highest BCUT2D eigenvalue weighted by atomic mass is 16.3. The van der Waals surface area contributed by atoms with E-state index in [0.717, 1.165) is 34.2 Å². The summed E-state index contributed by atoms with van der Waals surface area (Å²) in [7, 11) is 0. The van der Waals surface area contributed by atoms with E-state index in [9.17, 15) is 0 Å². The average molecular weight is 876 g/mol. The Morgan fingerprint density at radius 1 is 0.456 bits per heavy atom. The van der Waals surface area contributed by atoms with Crippen LogP contribution in [0.25, 0.3) is 77.6 Å². The van der Waals surface area contributed by atoms with Crippen LogP contribution in [0.3, 0.4) is 0 Å². The Labute approximate surface area is 399 Å². The van der Waals surface area contributed by atoms with Crippen LogP contribution in [-0.2, 0) is 22.7 Å². The molecule has 0 spiro atoms. The van der Waals surface area contributed by atoms with Crippen LogP contribution in [0.2, 0.25) is 0 Å². The molecule has 328 valence electrons. The van der Waals surface area contributed by atoms with Crippen molar-refractivity contribution in [3.63, 3.8) is 0 Å². The Hall–Kier alpha value is -7.42. The normalized spacial score (nSPS) is 15.6. The molecule has 0 saturated carbocycles. The Balaban J connectivity index is 0.983. The van der Waals surface area contributed by atoms with Gasteiger partial charge in [-0.25, -0.2) is 0 Å². The van der Waals surface area contributed by atoms with Crippen molar-refractivity contribution in [1.29, 1.82) is 0 Å². The van der Waals surface area contributed by atoms with Crippen LogP contribution in [0.4, 0.5) is 17.1 Å². The van der Waals surface area contributed by atoms with Gasteiger partial charge in [-0.15, -0.1) is 0 Å². The molecule has 0 N–H and O–H groups in total. The maximum Gasteiger partial charge on any atom is 0.143 e. The number of nitrogens with zero attached hydrogens (tertiary/aromatic N) is 1. The minimum absolute atomic E-state index is 0.152. The van der Waals surface area contributed by atoms with E-state index in [2.05, 4.69) is 224 Å². The van der Waals surface area contributed by atoms with Gasteiger partial charge in [0.25, 0.3) is 0 Å². The molecule has 68 heavy (non-hydrogen) atoms. The fraction of sp³-hybridized carbons (Fsp3) is 0.182. The van der Waals surface area contributed by atoms with Crippen molar-refractivity contribution >= 4 is 39.0 Å². The highest BCUT2D eigenvalue weighted by molar-refractivity contribution is 6.19. The van der Waals surface area contributed by atoms with Gasteiger partial charge in [0.1, 0.15) is 11.2 Å². The fourth-order valence-electron chi connectivity index (χ4n) is 13.7. The number of rotatable bonds is 4. The summed E-state index contributed by atoms with van der Waals surface area (Å²) >= 11 is 0. The predicted octanol–water partition coefficient (Wildman–Crippen LogP) is 17.8. The minimum Gasteiger partial charge on any atom is -0.455 e. The number of furan rings is 1. The summed E-state index contributed by atoms with van der Waals surface area (Å²) in [6.45, 7) is 19.2. The number of hydrogen-bond donors (Lipinski definition) is 0. The first-order valence-corrected chi connectivity index (χ1v) is 24.5. The first-order chi connectivity index (χ1) is 32.8. The lowest BCUT2D eigenvalue weighted by Crippen LogP contribution is -2.24. The molecule has 4 aliphatic rings. The van der Waals surface area contributed by atoms with E-state index >= 15 is 0 Å². The highest BCUT2D eigenvalue weighted by Gasteiger charge is 2.50. The van der Waals surface area contributed by atoms with Crippen LogP contribution in [0.5, 0.6) is 0 Å². The van der Waals surface area contributed by atoms with Crippen LogP contribution in [-0.4, -0.2) is 0 Å². The van der Waals surface area contributed by atoms with E-state index < -0.39 is 0 Å². The maximum absolute atomic E-state index is 6.81. The van der Waals surface area contributed by atoms with E-state index in [1.807, 2.05) is 0 Å². The Kier molecular flexibility index (Phi) is 7.82. The summed E-state index contributed by atoms with van der Waals surface area (Å²) < 4.78 is 6.81. The Morgan fingerprint density at radius 2 is 1.07 bits per heavy atom. The summed E-state index contributed by atoms with van der Waals surface area (Å²) in [6.07, 6.45) is 0.955. The van der Waals surface area contributed by atoms with Crippen molar-refractivity contribution in [3.05, 3.63) is 219 Å². The zero-order valence-corrected chi connectivity index (χ0v) is 40.2.